The molecule has 0 radical (unpaired) electrons. The average Bonchev–Trinajstić information content (AvgIpc) is 2.85. The smallest absolute Gasteiger partial charge is 0.270 e. The number of aromatic nitrogens is 1. The van der Waals surface area contributed by atoms with Crippen LogP contribution in [0.4, 0.5) is 0 Å². The van der Waals surface area contributed by atoms with Crippen molar-refractivity contribution >= 4 is 5.91 Å². The van der Waals surface area contributed by atoms with Crippen LogP contribution in [-0.4, -0.2) is 41.5 Å². The second-order valence-electron chi connectivity index (χ2n) is 8.46. The minimum atomic E-state index is -0.188. The van der Waals surface area contributed by atoms with Gasteiger partial charge in [-0.05, 0) is 74.2 Å². The van der Waals surface area contributed by atoms with E-state index < -0.39 is 0 Å². The van der Waals surface area contributed by atoms with E-state index in [1.165, 1.54) is 24.0 Å². The van der Waals surface area contributed by atoms with Gasteiger partial charge in [0.1, 0.15) is 17.5 Å². The highest BCUT2D eigenvalue weighted by Gasteiger charge is 2.20. The number of nitrogens with one attached hydrogen (secondary N) is 1. The molecule has 1 fully saturated rings. The summed E-state index contributed by atoms with van der Waals surface area (Å²) in [6.07, 6.45) is 3.91. The van der Waals surface area contributed by atoms with Gasteiger partial charge in [-0.25, -0.2) is 0 Å². The first kappa shape index (κ1) is 22.0. The summed E-state index contributed by atoms with van der Waals surface area (Å²) in [6.45, 7) is 5.60. The second-order valence-corrected chi connectivity index (χ2v) is 8.46. The second kappa shape index (κ2) is 10.9. The topological polar surface area (TPSA) is 54.5 Å². The zero-order chi connectivity index (χ0) is 22.2. The van der Waals surface area contributed by atoms with Gasteiger partial charge in [0.15, 0.2) is 0 Å². The van der Waals surface area contributed by atoms with Gasteiger partial charge in [0, 0.05) is 12.7 Å². The highest BCUT2D eigenvalue weighted by Crippen LogP contribution is 2.28. The van der Waals surface area contributed by atoms with Crippen LogP contribution in [0.2, 0.25) is 0 Å². The number of hydrogen-bond acceptors (Lipinski definition) is 4. The Morgan fingerprint density at radius 1 is 1.03 bits per heavy atom. The van der Waals surface area contributed by atoms with Crippen molar-refractivity contribution in [3.63, 3.8) is 0 Å². The molecule has 166 valence electrons. The molecule has 1 amide bonds. The van der Waals surface area contributed by atoms with Gasteiger partial charge in [-0.1, -0.05) is 48.5 Å². The molecule has 1 atom stereocenters. The quantitative estimate of drug-likeness (QED) is 0.566. The summed E-state index contributed by atoms with van der Waals surface area (Å²) in [7, 11) is 0. The monoisotopic (exact) mass is 429 g/mol. The van der Waals surface area contributed by atoms with Crippen LogP contribution in [-0.2, 0) is 6.54 Å². The molecule has 2 heterocycles. The van der Waals surface area contributed by atoms with Gasteiger partial charge < -0.3 is 10.1 Å². The van der Waals surface area contributed by atoms with E-state index in [2.05, 4.69) is 57.7 Å². The van der Waals surface area contributed by atoms with Crippen molar-refractivity contribution in [2.45, 2.75) is 38.3 Å². The van der Waals surface area contributed by atoms with E-state index in [0.29, 0.717) is 18.2 Å². The van der Waals surface area contributed by atoms with E-state index in [4.69, 9.17) is 4.74 Å². The molecular weight excluding hydrogens is 398 g/mol. The zero-order valence-electron chi connectivity index (χ0n) is 18.6. The maximum atomic E-state index is 12.1. The van der Waals surface area contributed by atoms with Crippen LogP contribution >= 0.6 is 0 Å². The highest BCUT2D eigenvalue weighted by atomic mass is 16.5. The normalized spacial score (nSPS) is 15.8. The lowest BCUT2D eigenvalue weighted by atomic mass is 9.89. The van der Waals surface area contributed by atoms with Gasteiger partial charge in [0.2, 0.25) is 0 Å². The van der Waals surface area contributed by atoms with Crippen molar-refractivity contribution in [3.8, 4) is 5.75 Å². The van der Waals surface area contributed by atoms with Crippen molar-refractivity contribution in [2.24, 2.45) is 0 Å². The molecule has 5 nitrogen and oxygen atoms in total. The van der Waals surface area contributed by atoms with Gasteiger partial charge in [-0.3, -0.25) is 14.7 Å². The highest BCUT2D eigenvalue weighted by molar-refractivity contribution is 5.92. The number of piperidine rings is 1. The van der Waals surface area contributed by atoms with Crippen molar-refractivity contribution in [3.05, 3.63) is 95.8 Å². The molecule has 2 aromatic carbocycles. The Bertz CT molecular complexity index is 969. The number of amides is 1. The third-order valence-electron chi connectivity index (χ3n) is 5.97. The predicted octanol–water partition coefficient (Wildman–Crippen LogP) is 4.66. The van der Waals surface area contributed by atoms with E-state index in [0.717, 1.165) is 25.4 Å². The number of carbonyl (C=O) groups excluding carboxylic acids is 1. The van der Waals surface area contributed by atoms with Gasteiger partial charge in [-0.2, -0.15) is 0 Å². The molecule has 0 unspecified atom stereocenters. The first-order chi connectivity index (χ1) is 15.7. The molecule has 1 aliphatic rings. The number of carbonyl (C=O) groups is 1. The van der Waals surface area contributed by atoms with E-state index in [1.54, 1.807) is 24.4 Å². The standard InChI is InChI=1S/C27H31N3O2/c1-21(19-29-27(31)26-9-5-6-16-28-26)32-25-12-10-22(11-13-25)20-30-17-14-24(15-18-30)23-7-3-2-4-8-23/h2-13,16,21,24H,14-15,17-20H2,1H3,(H,29,31)/t21-/m1/s1. The van der Waals surface area contributed by atoms with Crippen LogP contribution in [0.1, 0.15) is 47.3 Å². The molecule has 1 aliphatic heterocycles. The van der Waals surface area contributed by atoms with E-state index in [9.17, 15) is 4.79 Å². The lowest BCUT2D eigenvalue weighted by molar-refractivity contribution is 0.0927. The summed E-state index contributed by atoms with van der Waals surface area (Å²) in [4.78, 5) is 18.7. The Labute approximate surface area is 190 Å². The molecule has 4 rings (SSSR count). The van der Waals surface area contributed by atoms with Crippen LogP contribution in [0.15, 0.2) is 79.0 Å². The van der Waals surface area contributed by atoms with Crippen LogP contribution in [0.25, 0.3) is 0 Å². The molecular formula is C27H31N3O2. The Hall–Kier alpha value is -3.18. The van der Waals surface area contributed by atoms with Gasteiger partial charge in [-0.15, -0.1) is 0 Å². The third kappa shape index (κ3) is 6.17. The molecule has 5 heteroatoms. The Balaban J connectivity index is 1.20. The summed E-state index contributed by atoms with van der Waals surface area (Å²) in [5.41, 5.74) is 3.18. The fraction of sp³-hybridized carbons (Fsp3) is 0.333. The maximum absolute atomic E-state index is 12.1. The van der Waals surface area contributed by atoms with Crippen LogP contribution < -0.4 is 10.1 Å². The van der Waals surface area contributed by atoms with Crippen LogP contribution in [0.3, 0.4) is 0 Å². The Morgan fingerprint density at radius 3 is 2.44 bits per heavy atom. The van der Waals surface area contributed by atoms with E-state index >= 15 is 0 Å². The Kier molecular flexibility index (Phi) is 7.51. The third-order valence-corrected chi connectivity index (χ3v) is 5.97. The molecule has 1 saturated heterocycles. The molecule has 1 N–H and O–H groups in total. The van der Waals surface area contributed by atoms with E-state index in [-0.39, 0.29) is 12.0 Å². The average molecular weight is 430 g/mol. The van der Waals surface area contributed by atoms with Gasteiger partial charge in [0.05, 0.1) is 6.54 Å². The number of hydrogen-bond donors (Lipinski definition) is 1. The number of pyridine rings is 1. The first-order valence-corrected chi connectivity index (χ1v) is 11.4. The summed E-state index contributed by atoms with van der Waals surface area (Å²) in [5.74, 6) is 1.31. The molecule has 3 aromatic rings. The van der Waals surface area contributed by atoms with Crippen molar-refractivity contribution in [1.29, 1.82) is 0 Å². The van der Waals surface area contributed by atoms with Crippen molar-refractivity contribution in [2.75, 3.05) is 19.6 Å². The number of likely N-dealkylation sites (tertiary alicyclic amines) is 1. The summed E-state index contributed by atoms with van der Waals surface area (Å²) < 4.78 is 5.96. The molecule has 0 aliphatic carbocycles. The Morgan fingerprint density at radius 2 is 1.75 bits per heavy atom. The zero-order valence-corrected chi connectivity index (χ0v) is 18.6. The molecule has 1 aromatic heterocycles. The number of ether oxygens (including phenoxy) is 1. The fourth-order valence-electron chi connectivity index (χ4n) is 4.18. The summed E-state index contributed by atoms with van der Waals surface area (Å²) in [5, 5.41) is 2.87. The van der Waals surface area contributed by atoms with Crippen molar-refractivity contribution < 1.29 is 9.53 Å². The lowest BCUT2D eigenvalue weighted by Gasteiger charge is -2.32. The van der Waals surface area contributed by atoms with Crippen LogP contribution in [0.5, 0.6) is 5.75 Å². The van der Waals surface area contributed by atoms with Gasteiger partial charge >= 0.3 is 0 Å². The largest absolute Gasteiger partial charge is 0.489 e. The minimum Gasteiger partial charge on any atom is -0.489 e. The van der Waals surface area contributed by atoms with E-state index in [1.807, 2.05) is 19.1 Å². The molecule has 0 bridgehead atoms. The SMILES string of the molecule is C[C@H](CNC(=O)c1ccccn1)Oc1ccc(CN2CCC(c3ccccc3)CC2)cc1. The molecule has 0 spiro atoms. The van der Waals surface area contributed by atoms with Crippen molar-refractivity contribution in [1.82, 2.24) is 15.2 Å². The number of nitrogens with zero attached hydrogens (tertiary/aromatic N) is 2. The van der Waals surface area contributed by atoms with Crippen LogP contribution in [0, 0.1) is 0 Å². The molecule has 32 heavy (non-hydrogen) atoms. The first-order valence-electron chi connectivity index (χ1n) is 11.4. The van der Waals surface area contributed by atoms with Gasteiger partial charge in [0.25, 0.3) is 5.91 Å². The summed E-state index contributed by atoms with van der Waals surface area (Å²) >= 11 is 0. The number of benzene rings is 2. The lowest BCUT2D eigenvalue weighted by Crippen LogP contribution is -2.34. The minimum absolute atomic E-state index is 0.134. The number of rotatable bonds is 8. The summed E-state index contributed by atoms with van der Waals surface area (Å²) in [6, 6.07) is 24.5. The molecule has 0 saturated carbocycles. The maximum Gasteiger partial charge on any atom is 0.270 e. The fourth-order valence-corrected chi connectivity index (χ4v) is 4.18. The predicted molar refractivity (Wildman–Crippen MR) is 127 cm³/mol.